The summed E-state index contributed by atoms with van der Waals surface area (Å²) in [5.74, 6) is 0.599. The second-order valence-electron chi connectivity index (χ2n) is 4.95. The molecule has 1 N–H and O–H groups in total. The van der Waals surface area contributed by atoms with E-state index >= 15 is 0 Å². The van der Waals surface area contributed by atoms with Crippen molar-refractivity contribution in [3.8, 4) is 0 Å². The van der Waals surface area contributed by atoms with Crippen molar-refractivity contribution in [3.05, 3.63) is 23.7 Å². The van der Waals surface area contributed by atoms with Gasteiger partial charge < -0.3 is 14.4 Å². The smallest absolute Gasteiger partial charge is 0.326 e. The number of carbonyl (C=O) groups excluding carboxylic acids is 1. The molecule has 104 valence electrons. The normalized spacial score (nSPS) is 19.4. The zero-order valence-electron chi connectivity index (χ0n) is 11.1. The molecule has 2 rings (SSSR count). The Balaban J connectivity index is 1.92. The Morgan fingerprint density at radius 1 is 1.42 bits per heavy atom. The highest BCUT2D eigenvalue weighted by atomic mass is 16.4. The molecule has 0 aliphatic carbocycles. The number of hydrogen-bond acceptors (Lipinski definition) is 3. The number of aryl methyl sites for hydroxylation is 2. The van der Waals surface area contributed by atoms with Gasteiger partial charge in [0.05, 0.1) is 0 Å². The topological polar surface area (TPSA) is 70.8 Å². The van der Waals surface area contributed by atoms with Crippen LogP contribution >= 0.6 is 0 Å². The first kappa shape index (κ1) is 13.6. The lowest BCUT2D eigenvalue weighted by Crippen LogP contribution is -2.48. The summed E-state index contributed by atoms with van der Waals surface area (Å²) in [5.41, 5.74) is 0. The summed E-state index contributed by atoms with van der Waals surface area (Å²) >= 11 is 0. The van der Waals surface area contributed by atoms with Crippen molar-refractivity contribution >= 4 is 11.9 Å². The van der Waals surface area contributed by atoms with Crippen LogP contribution in [0.25, 0.3) is 0 Å². The minimum absolute atomic E-state index is 0.0962. The van der Waals surface area contributed by atoms with E-state index in [4.69, 9.17) is 9.52 Å². The van der Waals surface area contributed by atoms with Crippen LogP contribution in [0.4, 0.5) is 0 Å². The van der Waals surface area contributed by atoms with Gasteiger partial charge in [-0.15, -0.1) is 0 Å². The van der Waals surface area contributed by atoms with Gasteiger partial charge in [-0.25, -0.2) is 4.79 Å². The highest BCUT2D eigenvalue weighted by molar-refractivity contribution is 5.83. The maximum Gasteiger partial charge on any atom is 0.326 e. The van der Waals surface area contributed by atoms with E-state index in [1.165, 1.54) is 4.90 Å². The standard InChI is InChI=1S/C14H19NO4/c1-10-5-6-11(19-10)7-8-13(16)15-9-3-2-4-12(15)14(17)18/h5-6,12H,2-4,7-9H2,1H3,(H,17,18)/t12-/m0/s1. The lowest BCUT2D eigenvalue weighted by Gasteiger charge is -2.33. The third-order valence-corrected chi connectivity index (χ3v) is 3.49. The number of hydrogen-bond donors (Lipinski definition) is 1. The minimum Gasteiger partial charge on any atom is -0.480 e. The Morgan fingerprint density at radius 3 is 2.84 bits per heavy atom. The van der Waals surface area contributed by atoms with Gasteiger partial charge in [-0.1, -0.05) is 0 Å². The predicted molar refractivity (Wildman–Crippen MR) is 68.8 cm³/mol. The molecule has 0 spiro atoms. The average Bonchev–Trinajstić information content (AvgIpc) is 2.81. The molecule has 1 fully saturated rings. The zero-order valence-corrected chi connectivity index (χ0v) is 11.1. The Hall–Kier alpha value is -1.78. The molecule has 1 amide bonds. The first-order valence-corrected chi connectivity index (χ1v) is 6.65. The number of carboxylic acids is 1. The molecule has 1 atom stereocenters. The first-order valence-electron chi connectivity index (χ1n) is 6.65. The predicted octanol–water partition coefficient (Wildman–Crippen LogP) is 1.99. The molecule has 1 aliphatic rings. The van der Waals surface area contributed by atoms with Gasteiger partial charge in [0.25, 0.3) is 0 Å². The van der Waals surface area contributed by atoms with E-state index in [2.05, 4.69) is 0 Å². The number of furan rings is 1. The number of aliphatic carboxylic acids is 1. The number of piperidine rings is 1. The van der Waals surface area contributed by atoms with Crippen molar-refractivity contribution in [1.29, 1.82) is 0 Å². The molecule has 0 unspecified atom stereocenters. The quantitative estimate of drug-likeness (QED) is 0.903. The van der Waals surface area contributed by atoms with Crippen LogP contribution in [-0.2, 0) is 16.0 Å². The molecule has 0 aromatic carbocycles. The molecule has 0 bridgehead atoms. The van der Waals surface area contributed by atoms with E-state index < -0.39 is 12.0 Å². The second kappa shape index (κ2) is 5.91. The first-order chi connectivity index (χ1) is 9.08. The summed E-state index contributed by atoms with van der Waals surface area (Å²) in [6.07, 6.45) is 3.14. The van der Waals surface area contributed by atoms with Gasteiger partial charge in [0.2, 0.25) is 5.91 Å². The molecule has 1 aliphatic heterocycles. The van der Waals surface area contributed by atoms with E-state index in [0.29, 0.717) is 25.8 Å². The van der Waals surface area contributed by atoms with Crippen LogP contribution in [0.15, 0.2) is 16.5 Å². The van der Waals surface area contributed by atoms with Gasteiger partial charge in [-0.3, -0.25) is 4.79 Å². The number of likely N-dealkylation sites (tertiary alicyclic amines) is 1. The Morgan fingerprint density at radius 2 is 2.21 bits per heavy atom. The van der Waals surface area contributed by atoms with E-state index in [1.807, 2.05) is 19.1 Å². The summed E-state index contributed by atoms with van der Waals surface area (Å²) < 4.78 is 5.41. The summed E-state index contributed by atoms with van der Waals surface area (Å²) in [7, 11) is 0. The number of carboxylic acid groups (broad SMARTS) is 1. The Kier molecular flexibility index (Phi) is 4.24. The largest absolute Gasteiger partial charge is 0.480 e. The number of amides is 1. The molecular weight excluding hydrogens is 246 g/mol. The number of nitrogens with zero attached hydrogens (tertiary/aromatic N) is 1. The SMILES string of the molecule is Cc1ccc(CCC(=O)N2CCCC[C@H]2C(=O)O)o1. The molecule has 1 saturated heterocycles. The molecule has 1 aromatic heterocycles. The maximum absolute atomic E-state index is 12.1. The summed E-state index contributed by atoms with van der Waals surface area (Å²) in [6.45, 7) is 2.41. The lowest BCUT2D eigenvalue weighted by molar-refractivity contribution is -0.152. The van der Waals surface area contributed by atoms with Crippen molar-refractivity contribution in [2.45, 2.75) is 45.1 Å². The zero-order chi connectivity index (χ0) is 13.8. The van der Waals surface area contributed by atoms with Crippen LogP contribution in [0.5, 0.6) is 0 Å². The van der Waals surface area contributed by atoms with E-state index in [1.54, 1.807) is 0 Å². The van der Waals surface area contributed by atoms with E-state index in [-0.39, 0.29) is 5.91 Å². The highest BCUT2D eigenvalue weighted by Gasteiger charge is 2.31. The van der Waals surface area contributed by atoms with Gasteiger partial charge >= 0.3 is 5.97 Å². The second-order valence-corrected chi connectivity index (χ2v) is 4.95. The van der Waals surface area contributed by atoms with Gasteiger partial charge in [0.1, 0.15) is 17.6 Å². The molecule has 5 heteroatoms. The fourth-order valence-corrected chi connectivity index (χ4v) is 2.48. The van der Waals surface area contributed by atoms with Crippen LogP contribution in [0.3, 0.4) is 0 Å². The van der Waals surface area contributed by atoms with Crippen molar-refractivity contribution in [3.63, 3.8) is 0 Å². The van der Waals surface area contributed by atoms with Crippen molar-refractivity contribution < 1.29 is 19.1 Å². The lowest BCUT2D eigenvalue weighted by atomic mass is 10.0. The molecule has 19 heavy (non-hydrogen) atoms. The Bertz CT molecular complexity index is 466. The molecule has 0 radical (unpaired) electrons. The highest BCUT2D eigenvalue weighted by Crippen LogP contribution is 2.19. The number of rotatable bonds is 4. The molecule has 0 saturated carbocycles. The van der Waals surface area contributed by atoms with Crippen LogP contribution in [0.1, 0.15) is 37.2 Å². The number of carbonyl (C=O) groups is 2. The van der Waals surface area contributed by atoms with Gasteiger partial charge in [0, 0.05) is 19.4 Å². The molecule has 1 aromatic rings. The van der Waals surface area contributed by atoms with Crippen LogP contribution < -0.4 is 0 Å². The van der Waals surface area contributed by atoms with Crippen LogP contribution in [0.2, 0.25) is 0 Å². The van der Waals surface area contributed by atoms with Gasteiger partial charge in [-0.2, -0.15) is 0 Å². The average molecular weight is 265 g/mol. The summed E-state index contributed by atoms with van der Waals surface area (Å²) in [5, 5.41) is 9.13. The van der Waals surface area contributed by atoms with Crippen LogP contribution in [-0.4, -0.2) is 34.5 Å². The minimum atomic E-state index is -0.901. The summed E-state index contributed by atoms with van der Waals surface area (Å²) in [4.78, 5) is 24.8. The molecule has 2 heterocycles. The van der Waals surface area contributed by atoms with E-state index in [0.717, 1.165) is 24.4 Å². The van der Waals surface area contributed by atoms with Crippen molar-refractivity contribution in [2.24, 2.45) is 0 Å². The maximum atomic E-state index is 12.1. The fraction of sp³-hybridized carbons (Fsp3) is 0.571. The summed E-state index contributed by atoms with van der Waals surface area (Å²) in [6, 6.07) is 3.06. The fourth-order valence-electron chi connectivity index (χ4n) is 2.48. The monoisotopic (exact) mass is 265 g/mol. The third-order valence-electron chi connectivity index (χ3n) is 3.49. The van der Waals surface area contributed by atoms with Crippen molar-refractivity contribution in [2.75, 3.05) is 6.54 Å². The molecule has 5 nitrogen and oxygen atoms in total. The van der Waals surface area contributed by atoms with Crippen molar-refractivity contribution in [1.82, 2.24) is 4.90 Å². The Labute approximate surface area is 112 Å². The molecular formula is C14H19NO4. The van der Waals surface area contributed by atoms with Gasteiger partial charge in [-0.05, 0) is 38.3 Å². The third kappa shape index (κ3) is 3.36. The van der Waals surface area contributed by atoms with Gasteiger partial charge in [0.15, 0.2) is 0 Å². The van der Waals surface area contributed by atoms with E-state index in [9.17, 15) is 9.59 Å². The van der Waals surface area contributed by atoms with Crippen LogP contribution in [0, 0.1) is 6.92 Å².